The molecule has 0 amide bonds. The third-order valence-corrected chi connectivity index (χ3v) is 6.41. The van der Waals surface area contributed by atoms with E-state index in [-0.39, 0.29) is 22.7 Å². The Morgan fingerprint density at radius 3 is 2.73 bits per heavy atom. The summed E-state index contributed by atoms with van der Waals surface area (Å²) in [5.74, 6) is 0.901. The van der Waals surface area contributed by atoms with Crippen LogP contribution in [0.1, 0.15) is 63.7 Å². The van der Waals surface area contributed by atoms with E-state index >= 15 is 0 Å². The van der Waals surface area contributed by atoms with Crippen LogP contribution in [0, 0.1) is 10.8 Å². The average Bonchev–Trinajstić information content (AvgIpc) is 2.87. The van der Waals surface area contributed by atoms with Crippen molar-refractivity contribution < 1.29 is 9.53 Å². The number of fused-ring (bicyclic) bond motifs is 1. The van der Waals surface area contributed by atoms with Gasteiger partial charge in [0.25, 0.3) is 0 Å². The predicted molar refractivity (Wildman–Crippen MR) is 89.3 cm³/mol. The van der Waals surface area contributed by atoms with Gasteiger partial charge in [-0.05, 0) is 50.2 Å². The quantitative estimate of drug-likeness (QED) is 0.718. The van der Waals surface area contributed by atoms with Gasteiger partial charge in [0, 0.05) is 5.41 Å². The lowest BCUT2D eigenvalue weighted by Gasteiger charge is -2.51. The molecule has 0 spiro atoms. The van der Waals surface area contributed by atoms with E-state index in [9.17, 15) is 4.79 Å². The van der Waals surface area contributed by atoms with Crippen molar-refractivity contribution in [3.05, 3.63) is 41.5 Å². The van der Waals surface area contributed by atoms with Gasteiger partial charge in [0.15, 0.2) is 6.10 Å². The number of rotatable bonds is 3. The number of ether oxygens (including phenoxy) is 1. The van der Waals surface area contributed by atoms with Crippen LogP contribution < -0.4 is 4.74 Å². The normalized spacial score (nSPS) is 30.3. The van der Waals surface area contributed by atoms with Gasteiger partial charge in [0.2, 0.25) is 5.78 Å². The molecule has 0 fully saturated rings. The molecule has 22 heavy (non-hydrogen) atoms. The third kappa shape index (κ3) is 1.96. The van der Waals surface area contributed by atoms with Gasteiger partial charge < -0.3 is 4.74 Å². The zero-order valence-electron chi connectivity index (χ0n) is 14.1. The third-order valence-electron chi connectivity index (χ3n) is 6.41. The molecule has 1 aliphatic carbocycles. The standard InChI is InChI=1S/C20H26O2/c1-5-19(3,20(4)13-9-8-10-14(20)2)18-17(21)15-11-6-7-12-16(15)22-18/h6-7,10-12,18H,5,8-9,13H2,1-4H3/t18?,19?,20-/m1/s1. The smallest absolute Gasteiger partial charge is 0.207 e. The number of hydrogen-bond acceptors (Lipinski definition) is 2. The largest absolute Gasteiger partial charge is 0.481 e. The lowest BCUT2D eigenvalue weighted by Crippen LogP contribution is -2.51. The van der Waals surface area contributed by atoms with Crippen LogP contribution in [0.3, 0.4) is 0 Å². The Morgan fingerprint density at radius 1 is 1.36 bits per heavy atom. The molecule has 3 atom stereocenters. The lowest BCUT2D eigenvalue weighted by atomic mass is 9.54. The minimum absolute atomic E-state index is 0.0162. The monoisotopic (exact) mass is 298 g/mol. The molecule has 0 N–H and O–H groups in total. The van der Waals surface area contributed by atoms with Crippen LogP contribution in [0.2, 0.25) is 0 Å². The zero-order chi connectivity index (χ0) is 16.0. The molecule has 2 nitrogen and oxygen atoms in total. The number of allylic oxidation sites excluding steroid dienone is 2. The van der Waals surface area contributed by atoms with E-state index in [0.29, 0.717) is 0 Å². The van der Waals surface area contributed by atoms with E-state index in [1.807, 2.05) is 24.3 Å². The summed E-state index contributed by atoms with van der Waals surface area (Å²) in [6.45, 7) is 8.97. The highest BCUT2D eigenvalue weighted by Gasteiger charge is 2.55. The Bertz CT molecular complexity index is 630. The minimum atomic E-state index is -0.374. The molecule has 0 radical (unpaired) electrons. The molecule has 0 aromatic heterocycles. The SMILES string of the molecule is CCC(C)(C1Oc2ccccc2C1=O)[C@]1(C)CCCC=C1C. The molecule has 2 unspecified atom stereocenters. The van der Waals surface area contributed by atoms with Crippen molar-refractivity contribution in [1.82, 2.24) is 0 Å². The van der Waals surface area contributed by atoms with Crippen molar-refractivity contribution in [1.29, 1.82) is 0 Å². The van der Waals surface area contributed by atoms with Gasteiger partial charge >= 0.3 is 0 Å². The summed E-state index contributed by atoms with van der Waals surface area (Å²) in [6, 6.07) is 7.65. The number of carbonyl (C=O) groups is 1. The molecule has 3 rings (SSSR count). The number of ketones is 1. The van der Waals surface area contributed by atoms with E-state index in [1.165, 1.54) is 12.0 Å². The van der Waals surface area contributed by atoms with Gasteiger partial charge in [-0.15, -0.1) is 0 Å². The van der Waals surface area contributed by atoms with Crippen molar-refractivity contribution in [3.63, 3.8) is 0 Å². The topological polar surface area (TPSA) is 26.3 Å². The second-order valence-corrected chi connectivity index (χ2v) is 7.24. The van der Waals surface area contributed by atoms with E-state index in [2.05, 4.69) is 33.8 Å². The van der Waals surface area contributed by atoms with Gasteiger partial charge in [0.05, 0.1) is 5.56 Å². The van der Waals surface area contributed by atoms with E-state index in [1.54, 1.807) is 0 Å². The first kappa shape index (κ1) is 15.3. The first-order valence-corrected chi connectivity index (χ1v) is 8.41. The van der Waals surface area contributed by atoms with E-state index in [0.717, 1.165) is 30.6 Å². The van der Waals surface area contributed by atoms with Crippen LogP contribution in [-0.4, -0.2) is 11.9 Å². The molecular formula is C20H26O2. The van der Waals surface area contributed by atoms with Gasteiger partial charge in [-0.2, -0.15) is 0 Å². The number of benzene rings is 1. The molecule has 0 bridgehead atoms. The van der Waals surface area contributed by atoms with Gasteiger partial charge in [-0.3, -0.25) is 4.79 Å². The Balaban J connectivity index is 2.03. The summed E-state index contributed by atoms with van der Waals surface area (Å²) in [5.41, 5.74) is 1.98. The fourth-order valence-corrected chi connectivity index (χ4v) is 4.31. The zero-order valence-corrected chi connectivity index (χ0v) is 14.1. The van der Waals surface area contributed by atoms with Gasteiger partial charge in [-0.1, -0.05) is 44.6 Å². The molecule has 1 aromatic carbocycles. The molecule has 1 heterocycles. The number of para-hydroxylation sites is 1. The van der Waals surface area contributed by atoms with Crippen molar-refractivity contribution in [2.75, 3.05) is 0 Å². The number of carbonyl (C=O) groups excluding carboxylic acids is 1. The molecule has 1 aromatic rings. The first-order chi connectivity index (χ1) is 10.4. The first-order valence-electron chi connectivity index (χ1n) is 8.41. The van der Waals surface area contributed by atoms with Crippen molar-refractivity contribution in [3.8, 4) is 5.75 Å². The van der Waals surface area contributed by atoms with E-state index in [4.69, 9.17) is 4.74 Å². The maximum atomic E-state index is 12.9. The molecule has 1 aliphatic heterocycles. The highest BCUT2D eigenvalue weighted by molar-refractivity contribution is 6.05. The Kier molecular flexibility index (Phi) is 3.66. The Hall–Kier alpha value is -1.57. The van der Waals surface area contributed by atoms with Crippen LogP contribution in [0.4, 0.5) is 0 Å². The molecule has 0 saturated heterocycles. The summed E-state index contributed by atoms with van der Waals surface area (Å²) in [5, 5.41) is 0. The molecular weight excluding hydrogens is 272 g/mol. The van der Waals surface area contributed by atoms with Crippen LogP contribution in [0.5, 0.6) is 5.75 Å². The average molecular weight is 298 g/mol. The van der Waals surface area contributed by atoms with Crippen LogP contribution in [0.25, 0.3) is 0 Å². The minimum Gasteiger partial charge on any atom is -0.481 e. The van der Waals surface area contributed by atoms with Gasteiger partial charge in [-0.25, -0.2) is 0 Å². The molecule has 118 valence electrons. The maximum absolute atomic E-state index is 12.9. The van der Waals surface area contributed by atoms with Crippen molar-refractivity contribution in [2.24, 2.45) is 10.8 Å². The van der Waals surface area contributed by atoms with Crippen LogP contribution >= 0.6 is 0 Å². The van der Waals surface area contributed by atoms with Crippen LogP contribution in [-0.2, 0) is 0 Å². The number of Topliss-reactive ketones (excluding diaryl/α,β-unsaturated/α-hetero) is 1. The predicted octanol–water partition coefficient (Wildman–Crippen LogP) is 5.18. The maximum Gasteiger partial charge on any atom is 0.207 e. The summed E-state index contributed by atoms with van der Waals surface area (Å²) in [7, 11) is 0. The van der Waals surface area contributed by atoms with E-state index < -0.39 is 0 Å². The highest BCUT2D eigenvalue weighted by Crippen LogP contribution is 2.56. The molecule has 2 aliphatic rings. The lowest BCUT2D eigenvalue weighted by molar-refractivity contribution is -0.0158. The molecule has 0 saturated carbocycles. The van der Waals surface area contributed by atoms with Crippen molar-refractivity contribution >= 4 is 5.78 Å². The number of hydrogen-bond donors (Lipinski definition) is 0. The summed E-state index contributed by atoms with van der Waals surface area (Å²) >= 11 is 0. The summed E-state index contributed by atoms with van der Waals surface area (Å²) < 4.78 is 6.17. The summed E-state index contributed by atoms with van der Waals surface area (Å²) in [4.78, 5) is 12.9. The highest BCUT2D eigenvalue weighted by atomic mass is 16.5. The Morgan fingerprint density at radius 2 is 2.09 bits per heavy atom. The fraction of sp³-hybridized carbons (Fsp3) is 0.550. The summed E-state index contributed by atoms with van der Waals surface area (Å²) in [6.07, 6.45) is 6.38. The fourth-order valence-electron chi connectivity index (χ4n) is 4.31. The van der Waals surface area contributed by atoms with Gasteiger partial charge in [0.1, 0.15) is 5.75 Å². The van der Waals surface area contributed by atoms with Crippen molar-refractivity contribution in [2.45, 2.75) is 59.5 Å². The second kappa shape index (κ2) is 5.26. The molecule has 2 heteroatoms. The van der Waals surface area contributed by atoms with Crippen LogP contribution in [0.15, 0.2) is 35.9 Å². The second-order valence-electron chi connectivity index (χ2n) is 7.24. The Labute approximate surface area is 133 Å².